The van der Waals surface area contributed by atoms with Gasteiger partial charge < -0.3 is 9.47 Å². The van der Waals surface area contributed by atoms with Gasteiger partial charge in [-0.05, 0) is 48.0 Å². The van der Waals surface area contributed by atoms with Gasteiger partial charge in [0.2, 0.25) is 0 Å². The number of rotatable bonds is 4. The number of aromatic nitrogens is 3. The van der Waals surface area contributed by atoms with Gasteiger partial charge in [-0.1, -0.05) is 12.1 Å². The summed E-state index contributed by atoms with van der Waals surface area (Å²) < 4.78 is 2.06. The van der Waals surface area contributed by atoms with Gasteiger partial charge in [0.15, 0.2) is 0 Å². The maximum atomic E-state index is 12.7. The Hall–Kier alpha value is -3.98. The minimum Gasteiger partial charge on any atom is -0.331 e. The van der Waals surface area contributed by atoms with Crippen molar-refractivity contribution < 1.29 is 4.79 Å². The van der Waals surface area contributed by atoms with Gasteiger partial charge in [0.1, 0.15) is 5.82 Å². The average Bonchev–Trinajstić information content (AvgIpc) is 3.08. The quantitative estimate of drug-likeness (QED) is 0.540. The summed E-state index contributed by atoms with van der Waals surface area (Å²) in [7, 11) is 3.73. The lowest BCUT2D eigenvalue weighted by molar-refractivity contribution is 0.0992. The summed E-state index contributed by atoms with van der Waals surface area (Å²) in [5.41, 5.74) is 4.88. The second-order valence-corrected chi connectivity index (χ2v) is 6.85. The molecule has 1 amide bonds. The van der Waals surface area contributed by atoms with Gasteiger partial charge >= 0.3 is 0 Å². The highest BCUT2D eigenvalue weighted by atomic mass is 16.2. The van der Waals surface area contributed by atoms with Crippen LogP contribution in [0.1, 0.15) is 27.3 Å². The van der Waals surface area contributed by atoms with Crippen LogP contribution in [0.2, 0.25) is 0 Å². The van der Waals surface area contributed by atoms with Crippen molar-refractivity contribution in [1.29, 1.82) is 5.26 Å². The summed E-state index contributed by atoms with van der Waals surface area (Å²) >= 11 is 0. The number of imidazole rings is 1. The highest BCUT2D eigenvalue weighted by Gasteiger charge is 2.16. The normalized spacial score (nSPS) is 10.7. The molecule has 4 rings (SSSR count). The van der Waals surface area contributed by atoms with Crippen LogP contribution in [-0.2, 0) is 13.5 Å². The molecule has 0 radical (unpaired) electrons. The molecule has 0 aliphatic rings. The lowest BCUT2D eigenvalue weighted by Crippen LogP contribution is -2.26. The molecule has 0 saturated carbocycles. The highest BCUT2D eigenvalue weighted by molar-refractivity contribution is 6.06. The largest absolute Gasteiger partial charge is 0.331 e. The predicted octanol–water partition coefficient (Wildman–Crippen LogP) is 3.71. The second-order valence-electron chi connectivity index (χ2n) is 6.85. The summed E-state index contributed by atoms with van der Waals surface area (Å²) in [6.07, 6.45) is 3.87. The van der Waals surface area contributed by atoms with Crippen molar-refractivity contribution in [1.82, 2.24) is 14.5 Å². The fourth-order valence-electron chi connectivity index (χ4n) is 3.28. The fraction of sp³-hybridized carbons (Fsp3) is 0.130. The standard InChI is InChI=1S/C23H19N5O/c1-27(23(29)18-4-3-11-25-15-18)19-9-10-21-20(13-19)26-22(28(21)2)12-16-5-7-17(14-24)8-6-16/h3-11,13,15H,12H2,1-2H3. The molecule has 2 heterocycles. The first-order chi connectivity index (χ1) is 14.1. The van der Waals surface area contributed by atoms with Crippen LogP contribution in [0.25, 0.3) is 11.0 Å². The van der Waals surface area contributed by atoms with E-state index in [0.29, 0.717) is 17.5 Å². The Bertz CT molecular complexity index is 1220. The molecule has 0 bridgehead atoms. The van der Waals surface area contributed by atoms with Gasteiger partial charge in [-0.3, -0.25) is 9.78 Å². The molecule has 2 aromatic carbocycles. The van der Waals surface area contributed by atoms with E-state index in [1.807, 2.05) is 49.5 Å². The number of anilines is 1. The number of aryl methyl sites for hydroxylation is 1. The first-order valence-electron chi connectivity index (χ1n) is 9.19. The van der Waals surface area contributed by atoms with E-state index in [4.69, 9.17) is 10.2 Å². The molecule has 0 spiro atoms. The molecule has 0 aliphatic heterocycles. The fourth-order valence-corrected chi connectivity index (χ4v) is 3.28. The van der Waals surface area contributed by atoms with Crippen LogP contribution in [0.4, 0.5) is 5.69 Å². The number of fused-ring (bicyclic) bond motifs is 1. The van der Waals surface area contributed by atoms with Gasteiger partial charge in [0, 0.05) is 38.6 Å². The minimum absolute atomic E-state index is 0.119. The zero-order valence-electron chi connectivity index (χ0n) is 16.2. The second kappa shape index (κ2) is 7.56. The topological polar surface area (TPSA) is 74.8 Å². The number of pyridine rings is 1. The maximum Gasteiger partial charge on any atom is 0.259 e. The number of amides is 1. The van der Waals surface area contributed by atoms with Crippen LogP contribution in [0.3, 0.4) is 0 Å². The molecule has 0 unspecified atom stereocenters. The first kappa shape index (κ1) is 18.4. The molecule has 6 nitrogen and oxygen atoms in total. The number of nitriles is 1. The van der Waals surface area contributed by atoms with Gasteiger partial charge in [-0.2, -0.15) is 5.26 Å². The average molecular weight is 381 g/mol. The smallest absolute Gasteiger partial charge is 0.259 e. The van der Waals surface area contributed by atoms with Crippen molar-refractivity contribution in [3.8, 4) is 6.07 Å². The molecular weight excluding hydrogens is 362 g/mol. The third-order valence-corrected chi connectivity index (χ3v) is 5.00. The van der Waals surface area contributed by atoms with E-state index in [9.17, 15) is 4.79 Å². The van der Waals surface area contributed by atoms with Crippen molar-refractivity contribution in [2.75, 3.05) is 11.9 Å². The van der Waals surface area contributed by atoms with E-state index in [0.717, 1.165) is 28.1 Å². The zero-order valence-corrected chi connectivity index (χ0v) is 16.2. The van der Waals surface area contributed by atoms with Crippen LogP contribution >= 0.6 is 0 Å². The van der Waals surface area contributed by atoms with Crippen molar-refractivity contribution in [3.05, 3.63) is 89.5 Å². The lowest BCUT2D eigenvalue weighted by Gasteiger charge is -2.17. The number of carbonyl (C=O) groups excluding carboxylic acids is 1. The van der Waals surface area contributed by atoms with Crippen molar-refractivity contribution in [2.24, 2.45) is 7.05 Å². The third kappa shape index (κ3) is 3.58. The van der Waals surface area contributed by atoms with Crippen molar-refractivity contribution in [3.63, 3.8) is 0 Å². The molecule has 6 heteroatoms. The molecule has 4 aromatic rings. The van der Waals surface area contributed by atoms with Gasteiger partial charge in [0.05, 0.1) is 28.2 Å². The van der Waals surface area contributed by atoms with E-state index < -0.39 is 0 Å². The molecule has 0 saturated heterocycles. The molecule has 0 N–H and O–H groups in total. The van der Waals surface area contributed by atoms with E-state index in [2.05, 4.69) is 15.6 Å². The number of carbonyl (C=O) groups is 1. The Morgan fingerprint density at radius 1 is 1.17 bits per heavy atom. The molecule has 0 atom stereocenters. The number of hydrogen-bond donors (Lipinski definition) is 0. The molecule has 0 fully saturated rings. The summed E-state index contributed by atoms with van der Waals surface area (Å²) in [4.78, 5) is 23.1. The highest BCUT2D eigenvalue weighted by Crippen LogP contribution is 2.24. The van der Waals surface area contributed by atoms with E-state index in [1.165, 1.54) is 0 Å². The number of nitrogens with zero attached hydrogens (tertiary/aromatic N) is 5. The van der Waals surface area contributed by atoms with Gasteiger partial charge in [-0.15, -0.1) is 0 Å². The van der Waals surface area contributed by atoms with Crippen LogP contribution in [-0.4, -0.2) is 27.5 Å². The molecular formula is C23H19N5O. The van der Waals surface area contributed by atoms with Crippen LogP contribution in [0, 0.1) is 11.3 Å². The number of benzene rings is 2. The Morgan fingerprint density at radius 3 is 2.66 bits per heavy atom. The maximum absolute atomic E-state index is 12.7. The van der Waals surface area contributed by atoms with Crippen LogP contribution < -0.4 is 4.90 Å². The summed E-state index contributed by atoms with van der Waals surface area (Å²) in [5.74, 6) is 0.800. The Labute approximate surface area is 168 Å². The van der Waals surface area contributed by atoms with E-state index in [1.54, 1.807) is 36.5 Å². The monoisotopic (exact) mass is 381 g/mol. The summed E-state index contributed by atoms with van der Waals surface area (Å²) in [6.45, 7) is 0. The Balaban J connectivity index is 1.62. The molecule has 29 heavy (non-hydrogen) atoms. The number of hydrogen-bond acceptors (Lipinski definition) is 4. The van der Waals surface area contributed by atoms with Crippen molar-refractivity contribution >= 4 is 22.6 Å². The third-order valence-electron chi connectivity index (χ3n) is 5.00. The van der Waals surface area contributed by atoms with Crippen LogP contribution in [0.5, 0.6) is 0 Å². The first-order valence-corrected chi connectivity index (χ1v) is 9.19. The zero-order chi connectivity index (χ0) is 20.4. The Kier molecular flexibility index (Phi) is 4.80. The predicted molar refractivity (Wildman–Crippen MR) is 112 cm³/mol. The molecule has 142 valence electrons. The summed E-state index contributed by atoms with van der Waals surface area (Å²) in [6, 6.07) is 19.0. The van der Waals surface area contributed by atoms with E-state index >= 15 is 0 Å². The van der Waals surface area contributed by atoms with E-state index in [-0.39, 0.29) is 5.91 Å². The van der Waals surface area contributed by atoms with Gasteiger partial charge in [0.25, 0.3) is 5.91 Å². The van der Waals surface area contributed by atoms with Crippen LogP contribution in [0.15, 0.2) is 67.0 Å². The molecule has 2 aromatic heterocycles. The minimum atomic E-state index is -0.119. The van der Waals surface area contributed by atoms with Gasteiger partial charge in [-0.25, -0.2) is 4.98 Å². The van der Waals surface area contributed by atoms with Crippen molar-refractivity contribution in [2.45, 2.75) is 6.42 Å². The Morgan fingerprint density at radius 2 is 1.97 bits per heavy atom. The SMILES string of the molecule is CN(C(=O)c1cccnc1)c1ccc2c(c1)nc(Cc1ccc(C#N)cc1)n2C. The summed E-state index contributed by atoms with van der Waals surface area (Å²) in [5, 5.41) is 8.94. The lowest BCUT2D eigenvalue weighted by atomic mass is 10.1. The molecule has 0 aliphatic carbocycles.